The smallest absolute Gasteiger partial charge is 0.357 e. The average molecular weight is 206 g/mol. The highest BCUT2D eigenvalue weighted by Crippen LogP contribution is 2.28. The van der Waals surface area contributed by atoms with Crippen LogP contribution in [0.5, 0.6) is 0 Å². The lowest BCUT2D eigenvalue weighted by Crippen LogP contribution is -2.10. The van der Waals surface area contributed by atoms with Gasteiger partial charge in [0.05, 0.1) is 17.4 Å². The van der Waals surface area contributed by atoms with Gasteiger partial charge in [-0.05, 0) is 0 Å². The van der Waals surface area contributed by atoms with Crippen LogP contribution < -0.4 is 5.73 Å². The van der Waals surface area contributed by atoms with Crippen LogP contribution in [-0.4, -0.2) is 16.1 Å². The third kappa shape index (κ3) is 1.61. The van der Waals surface area contributed by atoms with E-state index in [2.05, 4.69) is 4.98 Å². The molecule has 1 aromatic heterocycles. The first-order chi connectivity index (χ1) is 6.45. The minimum atomic E-state index is -3.17. The van der Waals surface area contributed by atoms with Gasteiger partial charge in [-0.3, -0.25) is 0 Å². The van der Waals surface area contributed by atoms with Gasteiger partial charge >= 0.3 is 5.97 Å². The highest BCUT2D eigenvalue weighted by Gasteiger charge is 2.24. The lowest BCUT2D eigenvalue weighted by molar-refractivity contribution is 0.0683. The van der Waals surface area contributed by atoms with Gasteiger partial charge in [0.15, 0.2) is 11.5 Å². The van der Waals surface area contributed by atoms with Crippen LogP contribution >= 0.6 is 0 Å². The van der Waals surface area contributed by atoms with Gasteiger partial charge in [0.25, 0.3) is 6.43 Å². The number of hydrogen-bond donors (Lipinski definition) is 2. The summed E-state index contributed by atoms with van der Waals surface area (Å²) < 4.78 is 37.4. The number of carboxylic acid groups (broad SMARTS) is 1. The van der Waals surface area contributed by atoms with Gasteiger partial charge in [-0.25, -0.2) is 22.9 Å². The molecular weight excluding hydrogens is 201 g/mol. The summed E-state index contributed by atoms with van der Waals surface area (Å²) in [5.41, 5.74) is 2.26. The van der Waals surface area contributed by atoms with Crippen molar-refractivity contribution in [2.45, 2.75) is 6.43 Å². The molecule has 0 spiro atoms. The van der Waals surface area contributed by atoms with E-state index in [4.69, 9.17) is 10.8 Å². The van der Waals surface area contributed by atoms with Crippen LogP contribution in [0.25, 0.3) is 0 Å². The molecule has 0 aliphatic heterocycles. The van der Waals surface area contributed by atoms with E-state index in [9.17, 15) is 18.0 Å². The van der Waals surface area contributed by atoms with Gasteiger partial charge in [0, 0.05) is 0 Å². The van der Waals surface area contributed by atoms with Gasteiger partial charge in [-0.2, -0.15) is 0 Å². The van der Waals surface area contributed by atoms with Gasteiger partial charge in [0.2, 0.25) is 0 Å². The van der Waals surface area contributed by atoms with E-state index in [0.717, 1.165) is 0 Å². The minimum absolute atomic E-state index is 0.567. The predicted octanol–water partition coefficient (Wildman–Crippen LogP) is 1.44. The first kappa shape index (κ1) is 10.3. The molecule has 1 aromatic rings. The molecule has 0 aromatic carbocycles. The summed E-state index contributed by atoms with van der Waals surface area (Å²) in [6.45, 7) is 0. The largest absolute Gasteiger partial charge is 0.476 e. The maximum absolute atomic E-state index is 13.0. The molecule has 7 heteroatoms. The van der Waals surface area contributed by atoms with Crippen LogP contribution in [0.1, 0.15) is 22.5 Å². The zero-order valence-electron chi connectivity index (χ0n) is 6.67. The topological polar surface area (TPSA) is 76.2 Å². The van der Waals surface area contributed by atoms with Crippen LogP contribution in [0.3, 0.4) is 0 Å². The highest BCUT2D eigenvalue weighted by molar-refractivity contribution is 5.86. The number of nitrogen functional groups attached to an aromatic ring is 1. The molecule has 0 saturated heterocycles. The summed E-state index contributed by atoms with van der Waals surface area (Å²) in [4.78, 5) is 13.4. The second kappa shape index (κ2) is 3.52. The van der Waals surface area contributed by atoms with Gasteiger partial charge in [-0.1, -0.05) is 0 Å². The van der Waals surface area contributed by atoms with Crippen molar-refractivity contribution in [2.75, 3.05) is 5.73 Å². The molecule has 1 heterocycles. The van der Waals surface area contributed by atoms with Crippen molar-refractivity contribution in [2.24, 2.45) is 0 Å². The first-order valence-corrected chi connectivity index (χ1v) is 3.40. The number of anilines is 1. The maximum atomic E-state index is 13.0. The average Bonchev–Trinajstić information content (AvgIpc) is 2.02. The number of hydrogen-bond acceptors (Lipinski definition) is 3. The molecule has 0 radical (unpaired) electrons. The Morgan fingerprint density at radius 2 is 2.14 bits per heavy atom. The Balaban J connectivity index is 3.41. The Morgan fingerprint density at radius 3 is 2.57 bits per heavy atom. The van der Waals surface area contributed by atoms with E-state index in [-0.39, 0.29) is 0 Å². The number of rotatable bonds is 2. The molecule has 14 heavy (non-hydrogen) atoms. The zero-order valence-corrected chi connectivity index (χ0v) is 6.67. The standard InChI is InChI=1S/C7H5F3N2O2/c8-4-3(6(9)10)2(11)1-12-5(4)7(13)14/h1,6H,11H2,(H,13,14). The zero-order chi connectivity index (χ0) is 10.9. The molecule has 4 nitrogen and oxygen atoms in total. The van der Waals surface area contributed by atoms with Crippen molar-refractivity contribution in [1.29, 1.82) is 0 Å². The Hall–Kier alpha value is -1.79. The Kier molecular flexibility index (Phi) is 2.59. The third-order valence-corrected chi connectivity index (χ3v) is 1.51. The van der Waals surface area contributed by atoms with E-state index < -0.39 is 35.2 Å². The van der Waals surface area contributed by atoms with Crippen LogP contribution in [0.15, 0.2) is 6.20 Å². The summed E-state index contributed by atoms with van der Waals surface area (Å²) in [5, 5.41) is 8.37. The number of aromatic nitrogens is 1. The van der Waals surface area contributed by atoms with E-state index in [1.54, 1.807) is 0 Å². The lowest BCUT2D eigenvalue weighted by atomic mass is 10.2. The van der Waals surface area contributed by atoms with Crippen molar-refractivity contribution in [3.8, 4) is 0 Å². The molecule has 76 valence electrons. The third-order valence-electron chi connectivity index (χ3n) is 1.51. The van der Waals surface area contributed by atoms with Crippen molar-refractivity contribution >= 4 is 11.7 Å². The monoisotopic (exact) mass is 206 g/mol. The maximum Gasteiger partial charge on any atom is 0.357 e. The number of carbonyl (C=O) groups is 1. The SMILES string of the molecule is Nc1cnc(C(=O)O)c(F)c1C(F)F. The van der Waals surface area contributed by atoms with Crippen LogP contribution in [0.2, 0.25) is 0 Å². The molecule has 3 N–H and O–H groups in total. The van der Waals surface area contributed by atoms with E-state index in [1.165, 1.54) is 0 Å². The second-order valence-electron chi connectivity index (χ2n) is 2.40. The summed E-state index contributed by atoms with van der Waals surface area (Å²) in [6.07, 6.45) is -2.48. The van der Waals surface area contributed by atoms with E-state index in [0.29, 0.717) is 6.20 Å². The van der Waals surface area contributed by atoms with Crippen molar-refractivity contribution < 1.29 is 23.1 Å². The first-order valence-electron chi connectivity index (χ1n) is 3.40. The number of carboxylic acids is 1. The normalized spacial score (nSPS) is 10.6. The fourth-order valence-electron chi connectivity index (χ4n) is 0.885. The fraction of sp³-hybridized carbons (Fsp3) is 0.143. The minimum Gasteiger partial charge on any atom is -0.476 e. The van der Waals surface area contributed by atoms with Gasteiger partial charge in [0.1, 0.15) is 0 Å². The molecule has 0 fully saturated rings. The highest BCUT2D eigenvalue weighted by atomic mass is 19.3. The molecule has 0 saturated carbocycles. The number of aromatic carboxylic acids is 1. The van der Waals surface area contributed by atoms with Crippen molar-refractivity contribution in [3.05, 3.63) is 23.3 Å². The summed E-state index contributed by atoms with van der Waals surface area (Å²) in [6, 6.07) is 0. The number of nitrogens with two attached hydrogens (primary N) is 1. The molecule has 0 bridgehead atoms. The summed E-state index contributed by atoms with van der Waals surface area (Å²) >= 11 is 0. The quantitative estimate of drug-likeness (QED) is 0.767. The molecule has 0 amide bonds. The Morgan fingerprint density at radius 1 is 1.57 bits per heavy atom. The fourth-order valence-corrected chi connectivity index (χ4v) is 0.885. The molecule has 0 aliphatic rings. The predicted molar refractivity (Wildman–Crippen MR) is 40.5 cm³/mol. The van der Waals surface area contributed by atoms with E-state index in [1.807, 2.05) is 0 Å². The van der Waals surface area contributed by atoms with Gasteiger partial charge < -0.3 is 10.8 Å². The number of pyridine rings is 1. The van der Waals surface area contributed by atoms with Crippen LogP contribution in [0, 0.1) is 5.82 Å². The summed E-state index contributed by atoms with van der Waals surface area (Å²) in [5.74, 6) is -3.31. The van der Waals surface area contributed by atoms with Crippen molar-refractivity contribution in [1.82, 2.24) is 4.98 Å². The number of alkyl halides is 2. The number of halogens is 3. The van der Waals surface area contributed by atoms with Crippen LogP contribution in [-0.2, 0) is 0 Å². The van der Waals surface area contributed by atoms with Crippen LogP contribution in [0.4, 0.5) is 18.9 Å². The molecular formula is C7H5F3N2O2. The molecule has 0 atom stereocenters. The molecule has 1 rings (SSSR count). The molecule has 0 aliphatic carbocycles. The Labute approximate surface area is 76.2 Å². The number of nitrogens with zero attached hydrogens (tertiary/aromatic N) is 1. The van der Waals surface area contributed by atoms with E-state index >= 15 is 0 Å². The molecule has 0 unspecified atom stereocenters. The lowest BCUT2D eigenvalue weighted by Gasteiger charge is -2.06. The van der Waals surface area contributed by atoms with Crippen molar-refractivity contribution in [3.63, 3.8) is 0 Å². The summed E-state index contributed by atoms with van der Waals surface area (Å²) in [7, 11) is 0. The Bertz CT molecular complexity index is 381. The second-order valence-corrected chi connectivity index (χ2v) is 2.40. The van der Waals surface area contributed by atoms with Gasteiger partial charge in [-0.15, -0.1) is 0 Å².